The minimum Gasteiger partial charge on any atom is -0.391 e. The van der Waals surface area contributed by atoms with Gasteiger partial charge in [-0.15, -0.1) is 0 Å². The maximum atomic E-state index is 10.4. The van der Waals surface area contributed by atoms with Gasteiger partial charge < -0.3 is 34.6 Å². The quantitative estimate of drug-likeness (QED) is 0.178. The molecule has 0 aliphatic carbocycles. The van der Waals surface area contributed by atoms with E-state index in [-0.39, 0.29) is 33.0 Å². The first-order valence-electron chi connectivity index (χ1n) is 12.3. The van der Waals surface area contributed by atoms with Gasteiger partial charge in [-0.05, 0) is 12.8 Å². The van der Waals surface area contributed by atoms with Gasteiger partial charge in [0.05, 0.1) is 52.3 Å². The molecule has 2 aromatic heterocycles. The Labute approximate surface area is 207 Å². The second kappa shape index (κ2) is 16.0. The molecule has 0 aromatic carbocycles. The summed E-state index contributed by atoms with van der Waals surface area (Å²) in [5.74, 6) is 0. The molecule has 0 bridgehead atoms. The molecule has 0 saturated heterocycles. The number of aliphatic hydroxyl groups is 4. The van der Waals surface area contributed by atoms with Crippen molar-refractivity contribution in [1.29, 1.82) is 0 Å². The van der Waals surface area contributed by atoms with Gasteiger partial charge in [-0.1, -0.05) is 13.8 Å². The van der Waals surface area contributed by atoms with Crippen molar-refractivity contribution in [3.63, 3.8) is 0 Å². The molecule has 11 heteroatoms. The van der Waals surface area contributed by atoms with E-state index in [4.69, 9.17) is 14.2 Å². The number of imidazole rings is 2. The van der Waals surface area contributed by atoms with E-state index in [9.17, 15) is 20.4 Å². The van der Waals surface area contributed by atoms with Crippen LogP contribution in [0.4, 0.5) is 0 Å². The molecule has 0 saturated carbocycles. The van der Waals surface area contributed by atoms with Gasteiger partial charge in [0.25, 0.3) is 0 Å². The van der Waals surface area contributed by atoms with Crippen molar-refractivity contribution in [2.24, 2.45) is 7.05 Å². The maximum absolute atomic E-state index is 10.4. The Morgan fingerprint density at radius 1 is 0.714 bits per heavy atom. The molecular weight excluding hydrogens is 456 g/mol. The lowest BCUT2D eigenvalue weighted by molar-refractivity contribution is -0.703. The minimum absolute atomic E-state index is 0.110. The maximum Gasteiger partial charge on any atom is 0.243 e. The first-order valence-corrected chi connectivity index (χ1v) is 12.3. The largest absolute Gasteiger partial charge is 0.391 e. The van der Waals surface area contributed by atoms with Crippen molar-refractivity contribution in [3.05, 3.63) is 37.4 Å². The van der Waals surface area contributed by atoms with Crippen LogP contribution in [-0.2, 0) is 40.9 Å². The van der Waals surface area contributed by atoms with Gasteiger partial charge in [0.2, 0.25) is 12.7 Å². The highest BCUT2D eigenvalue weighted by molar-refractivity contribution is 4.71. The highest BCUT2D eigenvalue weighted by Crippen LogP contribution is 2.03. The summed E-state index contributed by atoms with van der Waals surface area (Å²) in [7, 11) is 1.93. The highest BCUT2D eigenvalue weighted by Gasteiger charge is 2.18. The second-order valence-corrected chi connectivity index (χ2v) is 9.05. The van der Waals surface area contributed by atoms with E-state index in [1.54, 1.807) is 0 Å². The lowest BCUT2D eigenvalue weighted by atomic mass is 10.3. The minimum atomic E-state index is -0.731. The van der Waals surface area contributed by atoms with Gasteiger partial charge >= 0.3 is 0 Å². The predicted molar refractivity (Wildman–Crippen MR) is 126 cm³/mol. The normalized spacial score (nSPS) is 16.2. The summed E-state index contributed by atoms with van der Waals surface area (Å²) in [6, 6.07) is 0. The third kappa shape index (κ3) is 12.1. The number of aliphatic hydroxyl groups excluding tert-OH is 4. The molecule has 200 valence electrons. The fraction of sp³-hybridized carbons (Fsp3) is 0.750. The van der Waals surface area contributed by atoms with Crippen molar-refractivity contribution in [3.8, 4) is 0 Å². The molecule has 5 unspecified atom stereocenters. The fourth-order valence-electron chi connectivity index (χ4n) is 3.40. The summed E-state index contributed by atoms with van der Waals surface area (Å²) >= 11 is 0. The molecule has 4 N–H and O–H groups in total. The first-order chi connectivity index (χ1) is 16.8. The molecule has 0 fully saturated rings. The van der Waals surface area contributed by atoms with E-state index in [0.717, 1.165) is 0 Å². The fourth-order valence-corrected chi connectivity index (χ4v) is 3.40. The molecular formula is C24H44N4O7+2. The summed E-state index contributed by atoms with van der Waals surface area (Å²) in [6.45, 7) is 5.95. The standard InChI is InChI=1S/C24H44N4O7/c1-4-20(29)13-33-16-24(35-15-21(30)5-2)17-34-14-23(32)12-28-9-8-27(19-28)11-22(31)10-26-7-6-25(3)18-26/h6-9,18-24,29-32H,4-5,10-17H2,1-3H3/q+2. The monoisotopic (exact) mass is 500 g/mol. The Morgan fingerprint density at radius 3 is 1.91 bits per heavy atom. The van der Waals surface area contributed by atoms with Crippen molar-refractivity contribution in [2.75, 3.05) is 33.0 Å². The van der Waals surface area contributed by atoms with Crippen molar-refractivity contribution in [2.45, 2.75) is 76.8 Å². The Morgan fingerprint density at radius 2 is 1.29 bits per heavy atom. The molecule has 2 heterocycles. The molecule has 0 amide bonds. The SMILES string of the molecule is CCC(O)COCC(COCC(O)Cn1cc[n+](CC(O)Cn2cc[n+](C)c2)c1)OCC(O)CC. The van der Waals surface area contributed by atoms with Gasteiger partial charge in [0.1, 0.15) is 62.7 Å². The van der Waals surface area contributed by atoms with Gasteiger partial charge in [0.15, 0.2) is 0 Å². The van der Waals surface area contributed by atoms with E-state index in [1.807, 2.05) is 76.6 Å². The van der Waals surface area contributed by atoms with Gasteiger partial charge in [-0.2, -0.15) is 0 Å². The number of aryl methyl sites for hydroxylation is 1. The molecule has 11 nitrogen and oxygen atoms in total. The van der Waals surface area contributed by atoms with Crippen LogP contribution in [0.25, 0.3) is 0 Å². The third-order valence-corrected chi connectivity index (χ3v) is 5.53. The van der Waals surface area contributed by atoms with E-state index in [2.05, 4.69) is 0 Å². The van der Waals surface area contributed by atoms with E-state index in [1.165, 1.54) is 0 Å². The first kappa shape index (κ1) is 29.4. The molecule has 2 rings (SSSR count). The summed E-state index contributed by atoms with van der Waals surface area (Å²) in [4.78, 5) is 0. The zero-order valence-electron chi connectivity index (χ0n) is 21.2. The Bertz CT molecular complexity index is 815. The Balaban J connectivity index is 1.72. The summed E-state index contributed by atoms with van der Waals surface area (Å²) in [5, 5.41) is 40.1. The average Bonchev–Trinajstić information content (AvgIpc) is 3.44. The van der Waals surface area contributed by atoms with Crippen LogP contribution in [-0.4, -0.2) is 93.1 Å². The van der Waals surface area contributed by atoms with Crippen LogP contribution in [0, 0.1) is 0 Å². The zero-order valence-corrected chi connectivity index (χ0v) is 21.2. The Kier molecular flexibility index (Phi) is 13.4. The van der Waals surface area contributed by atoms with Crippen LogP contribution in [0.15, 0.2) is 37.4 Å². The summed E-state index contributed by atoms with van der Waals surface area (Å²) in [5.41, 5.74) is 0. The lowest BCUT2D eigenvalue weighted by Gasteiger charge is -2.21. The van der Waals surface area contributed by atoms with Crippen molar-refractivity contribution in [1.82, 2.24) is 9.13 Å². The number of nitrogens with zero attached hydrogens (tertiary/aromatic N) is 4. The summed E-state index contributed by atoms with van der Waals surface area (Å²) < 4.78 is 24.4. The lowest BCUT2D eigenvalue weighted by Crippen LogP contribution is -2.40. The Hall–Kier alpha value is -1.86. The van der Waals surface area contributed by atoms with Gasteiger partial charge in [-0.25, -0.2) is 18.3 Å². The smallest absolute Gasteiger partial charge is 0.243 e. The molecule has 0 aliphatic rings. The van der Waals surface area contributed by atoms with Crippen molar-refractivity contribution >= 4 is 0 Å². The molecule has 0 aliphatic heterocycles. The van der Waals surface area contributed by atoms with Gasteiger partial charge in [0, 0.05) is 0 Å². The molecule has 35 heavy (non-hydrogen) atoms. The summed E-state index contributed by atoms with van der Waals surface area (Å²) in [6.07, 6.45) is 9.71. The predicted octanol–water partition coefficient (Wildman–Crippen LogP) is -1.22. The average molecular weight is 501 g/mol. The van der Waals surface area contributed by atoms with Crippen molar-refractivity contribution < 1.29 is 43.8 Å². The van der Waals surface area contributed by atoms with Crippen LogP contribution in [0.2, 0.25) is 0 Å². The molecule has 0 spiro atoms. The number of aromatic nitrogens is 4. The van der Waals surface area contributed by atoms with Crippen LogP contribution < -0.4 is 9.13 Å². The van der Waals surface area contributed by atoms with Crippen LogP contribution in [0.3, 0.4) is 0 Å². The molecule has 0 radical (unpaired) electrons. The second-order valence-electron chi connectivity index (χ2n) is 9.05. The van der Waals surface area contributed by atoms with Crippen LogP contribution >= 0.6 is 0 Å². The third-order valence-electron chi connectivity index (χ3n) is 5.53. The van der Waals surface area contributed by atoms with Gasteiger partial charge in [-0.3, -0.25) is 0 Å². The zero-order chi connectivity index (χ0) is 25.6. The number of ether oxygens (including phenoxy) is 3. The number of hydrogen-bond donors (Lipinski definition) is 4. The molecule has 5 atom stereocenters. The number of rotatable bonds is 19. The van der Waals surface area contributed by atoms with E-state index >= 15 is 0 Å². The number of hydrogen-bond acceptors (Lipinski definition) is 7. The van der Waals surface area contributed by atoms with Crippen LogP contribution in [0.5, 0.6) is 0 Å². The topological polar surface area (TPSA) is 126 Å². The van der Waals surface area contributed by atoms with Crippen LogP contribution in [0.1, 0.15) is 26.7 Å². The molecule has 2 aromatic rings. The van der Waals surface area contributed by atoms with E-state index < -0.39 is 30.5 Å². The van der Waals surface area contributed by atoms with E-state index in [0.29, 0.717) is 32.5 Å². The highest BCUT2D eigenvalue weighted by atomic mass is 16.6.